The summed E-state index contributed by atoms with van der Waals surface area (Å²) < 4.78 is 9.05. The predicted octanol–water partition coefficient (Wildman–Crippen LogP) is 3.10. The Morgan fingerprint density at radius 1 is 1.22 bits per heavy atom. The van der Waals surface area contributed by atoms with Gasteiger partial charge in [0.15, 0.2) is 9.28 Å². The number of rotatable bonds is 5. The van der Waals surface area contributed by atoms with Gasteiger partial charge in [0.1, 0.15) is 7.75 Å². The molecule has 0 spiro atoms. The quantitative estimate of drug-likeness (QED) is 0.721. The molecule has 18 heavy (non-hydrogen) atoms. The Hall–Kier alpha value is 0.354. The van der Waals surface area contributed by atoms with Gasteiger partial charge >= 0.3 is 0 Å². The van der Waals surface area contributed by atoms with Crippen molar-refractivity contribution in [2.24, 2.45) is 5.41 Å². The van der Waals surface area contributed by atoms with Crippen molar-refractivity contribution < 1.29 is 4.43 Å². The van der Waals surface area contributed by atoms with E-state index in [0.717, 1.165) is 18.7 Å². The minimum Gasteiger partial charge on any atom is -0.425 e. The van der Waals surface area contributed by atoms with Crippen molar-refractivity contribution >= 4 is 17.0 Å². The normalized spacial score (nSPS) is 32.7. The van der Waals surface area contributed by atoms with Gasteiger partial charge in [0.05, 0.1) is 0 Å². The molecule has 0 aliphatic carbocycles. The van der Waals surface area contributed by atoms with Crippen molar-refractivity contribution in [3.8, 4) is 0 Å². The zero-order chi connectivity index (χ0) is 14.0. The van der Waals surface area contributed by atoms with E-state index >= 15 is 0 Å². The van der Waals surface area contributed by atoms with Crippen LogP contribution in [0.5, 0.6) is 0 Å². The number of hydrogen-bond acceptors (Lipinski definition) is 2. The predicted molar refractivity (Wildman–Crippen MR) is 86.0 cm³/mol. The molecular formula is C14H33NOSi2. The molecule has 0 aromatic carbocycles. The number of nitrogens with zero attached hydrogens (tertiary/aromatic N) is 1. The van der Waals surface area contributed by atoms with Gasteiger partial charge in [-0.1, -0.05) is 48.1 Å². The molecule has 1 heterocycles. The zero-order valence-electron chi connectivity index (χ0n) is 13.5. The largest absolute Gasteiger partial charge is 0.425 e. The van der Waals surface area contributed by atoms with Crippen LogP contribution < -0.4 is 0 Å². The first kappa shape index (κ1) is 16.4. The molecule has 108 valence electrons. The van der Waals surface area contributed by atoms with E-state index in [2.05, 4.69) is 52.7 Å². The first-order chi connectivity index (χ1) is 8.25. The highest BCUT2D eigenvalue weighted by atomic mass is 29.2. The lowest BCUT2D eigenvalue weighted by molar-refractivity contribution is 0.177. The Kier molecular flexibility index (Phi) is 5.65. The molecule has 2 nitrogen and oxygen atoms in total. The van der Waals surface area contributed by atoms with Crippen molar-refractivity contribution in [2.45, 2.75) is 79.1 Å². The summed E-state index contributed by atoms with van der Waals surface area (Å²) in [5.41, 5.74) is 0.394. The van der Waals surface area contributed by atoms with Crippen LogP contribution in [0.25, 0.3) is 0 Å². The van der Waals surface area contributed by atoms with Crippen LogP contribution in [-0.4, -0.2) is 40.3 Å². The van der Waals surface area contributed by atoms with Crippen molar-refractivity contribution in [1.82, 2.24) is 4.57 Å². The monoisotopic (exact) mass is 287 g/mol. The Balaban J connectivity index is 2.95. The first-order valence-electron chi connectivity index (χ1n) is 7.62. The smallest absolute Gasteiger partial charge is 0.168 e. The molecule has 0 aromatic rings. The second kappa shape index (κ2) is 6.20. The molecule has 0 saturated carbocycles. The third kappa shape index (κ3) is 3.68. The van der Waals surface area contributed by atoms with E-state index < -0.39 is 7.75 Å². The van der Waals surface area contributed by atoms with E-state index in [4.69, 9.17) is 4.43 Å². The topological polar surface area (TPSA) is 12.5 Å². The highest BCUT2D eigenvalue weighted by molar-refractivity contribution is 7.20. The van der Waals surface area contributed by atoms with Gasteiger partial charge in [-0.15, -0.1) is 0 Å². The van der Waals surface area contributed by atoms with Crippen LogP contribution in [-0.2, 0) is 4.43 Å². The van der Waals surface area contributed by atoms with Gasteiger partial charge in [-0.2, -0.15) is 0 Å². The summed E-state index contributed by atoms with van der Waals surface area (Å²) in [6, 6.07) is 2.88. The van der Waals surface area contributed by atoms with E-state index in [-0.39, 0.29) is 9.28 Å². The summed E-state index contributed by atoms with van der Waals surface area (Å²) in [4.78, 5) is 0. The highest BCUT2D eigenvalue weighted by Crippen LogP contribution is 2.36. The molecule has 0 aromatic heterocycles. The van der Waals surface area contributed by atoms with Gasteiger partial charge in [0.25, 0.3) is 0 Å². The minimum absolute atomic E-state index is 0.330. The van der Waals surface area contributed by atoms with Gasteiger partial charge in [0, 0.05) is 18.7 Å². The van der Waals surface area contributed by atoms with Gasteiger partial charge in [-0.25, -0.2) is 0 Å². The Morgan fingerprint density at radius 3 is 2.11 bits per heavy atom. The lowest BCUT2D eigenvalue weighted by Gasteiger charge is -2.52. The highest BCUT2D eigenvalue weighted by Gasteiger charge is 2.46. The van der Waals surface area contributed by atoms with Crippen LogP contribution in [0, 0.1) is 5.41 Å². The van der Waals surface area contributed by atoms with Crippen LogP contribution in [0.15, 0.2) is 0 Å². The van der Waals surface area contributed by atoms with E-state index in [1.165, 1.54) is 18.9 Å². The molecule has 1 aliphatic heterocycles. The molecule has 1 fully saturated rings. The first-order valence-corrected chi connectivity index (χ1v) is 13.2. The molecule has 0 N–H and O–H groups in total. The average molecular weight is 288 g/mol. The maximum absolute atomic E-state index is 6.13. The summed E-state index contributed by atoms with van der Waals surface area (Å²) in [5, 5.41) is 0. The Bertz CT molecular complexity index is 263. The van der Waals surface area contributed by atoms with Crippen LogP contribution >= 0.6 is 0 Å². The van der Waals surface area contributed by atoms with Gasteiger partial charge in [-0.3, -0.25) is 0 Å². The molecule has 1 rings (SSSR count). The van der Waals surface area contributed by atoms with Crippen LogP contribution in [0.4, 0.5) is 0 Å². The molecule has 3 atom stereocenters. The van der Waals surface area contributed by atoms with Gasteiger partial charge in [0.2, 0.25) is 0 Å². The molecule has 0 bridgehead atoms. The van der Waals surface area contributed by atoms with Crippen molar-refractivity contribution in [3.05, 3.63) is 0 Å². The summed E-state index contributed by atoms with van der Waals surface area (Å²) in [6.07, 6.45) is 2.53. The minimum atomic E-state index is -1.32. The molecule has 0 amide bonds. The maximum atomic E-state index is 6.13. The van der Waals surface area contributed by atoms with E-state index in [0.29, 0.717) is 5.41 Å². The van der Waals surface area contributed by atoms with Gasteiger partial charge < -0.3 is 8.99 Å². The van der Waals surface area contributed by atoms with E-state index in [1.807, 2.05) is 0 Å². The second-order valence-corrected chi connectivity index (χ2v) is 17.2. The summed E-state index contributed by atoms with van der Waals surface area (Å²) >= 11 is 0. The van der Waals surface area contributed by atoms with E-state index in [1.54, 1.807) is 0 Å². The summed E-state index contributed by atoms with van der Waals surface area (Å²) in [7, 11) is -1.65. The Labute approximate surface area is 117 Å². The van der Waals surface area contributed by atoms with Crippen LogP contribution in [0.2, 0.25) is 12.6 Å². The van der Waals surface area contributed by atoms with Crippen molar-refractivity contribution in [1.29, 1.82) is 0 Å². The van der Waals surface area contributed by atoms with Gasteiger partial charge in [-0.05, 0) is 24.3 Å². The van der Waals surface area contributed by atoms with Crippen molar-refractivity contribution in [3.63, 3.8) is 0 Å². The maximum Gasteiger partial charge on any atom is 0.168 e. The average Bonchev–Trinajstić information content (AvgIpc) is 2.26. The van der Waals surface area contributed by atoms with E-state index in [9.17, 15) is 0 Å². The fourth-order valence-electron chi connectivity index (χ4n) is 3.74. The van der Waals surface area contributed by atoms with Crippen molar-refractivity contribution in [2.75, 3.05) is 6.61 Å². The Morgan fingerprint density at radius 2 is 1.72 bits per heavy atom. The molecular weight excluding hydrogens is 254 g/mol. The van der Waals surface area contributed by atoms with Crippen LogP contribution in [0.1, 0.15) is 54.4 Å². The number of hydrogen-bond donors (Lipinski definition) is 0. The lowest BCUT2D eigenvalue weighted by Crippen LogP contribution is -2.66. The third-order valence-corrected chi connectivity index (χ3v) is 13.7. The fourth-order valence-corrected chi connectivity index (χ4v) is 16.2. The SMILES string of the molecule is CCC(C)N(C(C)CC)[Si]1(C)CC(C)(C)CO[SiH2]1. The lowest BCUT2D eigenvalue weighted by atomic mass is 9.98. The second-order valence-electron chi connectivity index (χ2n) is 7.25. The molecule has 1 saturated heterocycles. The molecule has 3 unspecified atom stereocenters. The van der Waals surface area contributed by atoms with Crippen LogP contribution in [0.3, 0.4) is 0 Å². The molecule has 4 heteroatoms. The summed E-state index contributed by atoms with van der Waals surface area (Å²) in [5.74, 6) is 0. The standard InChI is InChI=1S/C14H33NOSi2/c1-8-12(3)15(13(4)9-2)18(7)11-14(5,6)10-16-17-18/h12-13H,8-11,17H2,1-7H3. The molecule has 0 radical (unpaired) electrons. The fraction of sp³-hybridized carbons (Fsp3) is 1.00. The molecule has 1 aliphatic rings. The third-order valence-electron chi connectivity index (χ3n) is 4.52. The summed E-state index contributed by atoms with van der Waals surface area (Å²) in [6.45, 7) is 17.9. The zero-order valence-corrected chi connectivity index (χ0v) is 16.0.